The number of hydrogen-bond donors (Lipinski definition) is 1. The van der Waals surface area contributed by atoms with Crippen molar-refractivity contribution >= 4 is 9.84 Å². The second-order valence-electron chi connectivity index (χ2n) is 4.25. The van der Waals surface area contributed by atoms with Crippen LogP contribution in [-0.2, 0) is 9.84 Å². The third-order valence-corrected chi connectivity index (χ3v) is 5.58. The lowest BCUT2D eigenvalue weighted by Gasteiger charge is -2.18. The summed E-state index contributed by atoms with van der Waals surface area (Å²) in [4.78, 5) is 0. The Bertz CT molecular complexity index is 277. The predicted molar refractivity (Wildman–Crippen MR) is 47.8 cm³/mol. The van der Waals surface area contributed by atoms with Crippen LogP contribution in [0.3, 0.4) is 0 Å². The topological polar surface area (TPSA) is 46.2 Å². The average molecular weight is 189 g/mol. The van der Waals surface area contributed by atoms with E-state index in [1.54, 1.807) is 0 Å². The molecule has 0 amide bonds. The lowest BCUT2D eigenvalue weighted by atomic mass is 9.85. The smallest absolute Gasteiger partial charge is 0.153 e. The predicted octanol–water partition coefficient (Wildman–Crippen LogP) is 0.173. The van der Waals surface area contributed by atoms with Gasteiger partial charge >= 0.3 is 0 Å². The molecule has 2 aliphatic heterocycles. The van der Waals surface area contributed by atoms with Crippen molar-refractivity contribution in [3.8, 4) is 0 Å². The molecule has 0 aromatic rings. The fourth-order valence-electron chi connectivity index (χ4n) is 2.46. The molecule has 2 rings (SSSR count). The van der Waals surface area contributed by atoms with Gasteiger partial charge in [0.15, 0.2) is 9.84 Å². The highest BCUT2D eigenvalue weighted by molar-refractivity contribution is 7.92. The highest BCUT2D eigenvalue weighted by Crippen LogP contribution is 2.41. The largest absolute Gasteiger partial charge is 0.316 e. The van der Waals surface area contributed by atoms with Crippen LogP contribution in [0.2, 0.25) is 0 Å². The second-order valence-corrected chi connectivity index (χ2v) is 6.67. The number of sulfone groups is 1. The van der Waals surface area contributed by atoms with Crippen LogP contribution >= 0.6 is 0 Å². The van der Waals surface area contributed by atoms with Crippen LogP contribution in [0.5, 0.6) is 0 Å². The Morgan fingerprint density at radius 1 is 1.50 bits per heavy atom. The van der Waals surface area contributed by atoms with Gasteiger partial charge in [-0.15, -0.1) is 0 Å². The minimum absolute atomic E-state index is 0.0955. The van der Waals surface area contributed by atoms with E-state index in [1.807, 2.05) is 6.92 Å². The Balaban J connectivity index is 2.25. The summed E-state index contributed by atoms with van der Waals surface area (Å²) in [5.74, 6) is 0.411. The molecule has 2 saturated heterocycles. The van der Waals surface area contributed by atoms with Crippen molar-refractivity contribution in [3.05, 3.63) is 0 Å². The molecule has 0 aromatic heterocycles. The van der Waals surface area contributed by atoms with Crippen molar-refractivity contribution in [3.63, 3.8) is 0 Å². The highest BCUT2D eigenvalue weighted by atomic mass is 32.2. The Morgan fingerprint density at radius 2 is 2.25 bits per heavy atom. The van der Waals surface area contributed by atoms with Gasteiger partial charge in [0.2, 0.25) is 0 Å². The zero-order valence-electron chi connectivity index (χ0n) is 7.34. The van der Waals surface area contributed by atoms with Gasteiger partial charge in [0.1, 0.15) is 0 Å². The molecule has 70 valence electrons. The molecule has 2 fully saturated rings. The Kier molecular flexibility index (Phi) is 1.74. The maximum absolute atomic E-state index is 11.5. The molecule has 2 heterocycles. The summed E-state index contributed by atoms with van der Waals surface area (Å²) >= 11 is 0. The van der Waals surface area contributed by atoms with Crippen molar-refractivity contribution in [1.29, 1.82) is 0 Å². The van der Waals surface area contributed by atoms with Crippen LogP contribution in [0.4, 0.5) is 0 Å². The van der Waals surface area contributed by atoms with E-state index < -0.39 is 9.84 Å². The van der Waals surface area contributed by atoms with Crippen LogP contribution in [0.15, 0.2) is 0 Å². The number of rotatable bonds is 0. The van der Waals surface area contributed by atoms with Crippen LogP contribution in [0, 0.1) is 5.41 Å². The summed E-state index contributed by atoms with van der Waals surface area (Å²) < 4.78 is 23.0. The maximum Gasteiger partial charge on any atom is 0.153 e. The standard InChI is InChI=1S/C8H15NO2S/c1-7-4-8(2-3-9-5-8)6-12(7,10)11/h7,9H,2-6H2,1H3. The van der Waals surface area contributed by atoms with Gasteiger partial charge in [-0.1, -0.05) is 0 Å². The molecule has 2 unspecified atom stereocenters. The molecule has 0 aliphatic carbocycles. The normalized spacial score (nSPS) is 45.6. The van der Waals surface area contributed by atoms with Gasteiger partial charge in [0, 0.05) is 6.54 Å². The first-order chi connectivity index (χ1) is 5.54. The molecule has 0 radical (unpaired) electrons. The molecular weight excluding hydrogens is 174 g/mol. The molecule has 0 bridgehead atoms. The molecule has 0 saturated carbocycles. The van der Waals surface area contributed by atoms with Crippen molar-refractivity contribution in [2.24, 2.45) is 5.41 Å². The third-order valence-electron chi connectivity index (χ3n) is 3.17. The minimum atomic E-state index is -2.76. The molecule has 0 aromatic carbocycles. The first kappa shape index (κ1) is 8.51. The van der Waals surface area contributed by atoms with Crippen molar-refractivity contribution < 1.29 is 8.42 Å². The summed E-state index contributed by atoms with van der Waals surface area (Å²) in [6, 6.07) is 0. The van der Waals surface area contributed by atoms with Crippen LogP contribution < -0.4 is 5.32 Å². The molecular formula is C8H15NO2S. The Hall–Kier alpha value is -0.0900. The molecule has 3 nitrogen and oxygen atoms in total. The molecule has 2 atom stereocenters. The fraction of sp³-hybridized carbons (Fsp3) is 1.00. The van der Waals surface area contributed by atoms with E-state index in [2.05, 4.69) is 5.32 Å². The Labute approximate surface area is 73.5 Å². The SMILES string of the molecule is CC1CC2(CCNC2)CS1(=O)=O. The molecule has 1 spiro atoms. The fourth-order valence-corrected chi connectivity index (χ4v) is 4.57. The van der Waals surface area contributed by atoms with Gasteiger partial charge in [-0.05, 0) is 31.7 Å². The summed E-state index contributed by atoms with van der Waals surface area (Å²) in [5.41, 5.74) is 0.0955. The van der Waals surface area contributed by atoms with E-state index in [-0.39, 0.29) is 10.7 Å². The summed E-state index contributed by atoms with van der Waals surface area (Å²) in [5, 5.41) is 3.14. The number of nitrogens with one attached hydrogen (secondary N) is 1. The summed E-state index contributed by atoms with van der Waals surface area (Å²) in [6.45, 7) is 3.72. The minimum Gasteiger partial charge on any atom is -0.316 e. The molecule has 12 heavy (non-hydrogen) atoms. The van der Waals surface area contributed by atoms with E-state index in [4.69, 9.17) is 0 Å². The summed E-state index contributed by atoms with van der Waals surface area (Å²) in [7, 11) is -2.76. The highest BCUT2D eigenvalue weighted by Gasteiger charge is 2.47. The lowest BCUT2D eigenvalue weighted by Crippen LogP contribution is -2.24. The van der Waals surface area contributed by atoms with Gasteiger partial charge in [0.05, 0.1) is 11.0 Å². The van der Waals surface area contributed by atoms with E-state index in [1.165, 1.54) is 0 Å². The Morgan fingerprint density at radius 3 is 2.67 bits per heavy atom. The second kappa shape index (κ2) is 2.45. The van der Waals surface area contributed by atoms with Crippen LogP contribution in [0.1, 0.15) is 19.8 Å². The quantitative estimate of drug-likeness (QED) is 0.591. The zero-order valence-corrected chi connectivity index (χ0v) is 8.15. The van der Waals surface area contributed by atoms with Gasteiger partial charge in [-0.2, -0.15) is 0 Å². The van der Waals surface area contributed by atoms with Gasteiger partial charge in [-0.3, -0.25) is 0 Å². The van der Waals surface area contributed by atoms with Gasteiger partial charge < -0.3 is 5.32 Å². The van der Waals surface area contributed by atoms with Gasteiger partial charge in [0.25, 0.3) is 0 Å². The van der Waals surface area contributed by atoms with E-state index in [9.17, 15) is 8.42 Å². The average Bonchev–Trinajstić information content (AvgIpc) is 2.42. The number of hydrogen-bond acceptors (Lipinski definition) is 3. The van der Waals surface area contributed by atoms with Crippen molar-refractivity contribution in [2.75, 3.05) is 18.8 Å². The maximum atomic E-state index is 11.5. The molecule has 1 N–H and O–H groups in total. The monoisotopic (exact) mass is 189 g/mol. The lowest BCUT2D eigenvalue weighted by molar-refractivity contribution is 0.362. The van der Waals surface area contributed by atoms with E-state index in [0.29, 0.717) is 5.75 Å². The van der Waals surface area contributed by atoms with E-state index >= 15 is 0 Å². The first-order valence-corrected chi connectivity index (χ1v) is 6.18. The van der Waals surface area contributed by atoms with Crippen LogP contribution in [0.25, 0.3) is 0 Å². The van der Waals surface area contributed by atoms with Crippen molar-refractivity contribution in [2.45, 2.75) is 25.0 Å². The first-order valence-electron chi connectivity index (χ1n) is 4.46. The summed E-state index contributed by atoms with van der Waals surface area (Å²) in [6.07, 6.45) is 1.90. The van der Waals surface area contributed by atoms with E-state index in [0.717, 1.165) is 25.9 Å². The zero-order chi connectivity index (χ0) is 8.82. The van der Waals surface area contributed by atoms with Gasteiger partial charge in [-0.25, -0.2) is 8.42 Å². The molecule has 2 aliphatic rings. The third kappa shape index (κ3) is 1.17. The van der Waals surface area contributed by atoms with Crippen molar-refractivity contribution in [1.82, 2.24) is 5.32 Å². The molecule has 4 heteroatoms. The van der Waals surface area contributed by atoms with Crippen LogP contribution in [-0.4, -0.2) is 32.5 Å².